The van der Waals surface area contributed by atoms with Gasteiger partial charge in [0.15, 0.2) is 0 Å². The first kappa shape index (κ1) is 31.4. The van der Waals surface area contributed by atoms with Gasteiger partial charge in [0, 0.05) is 22.2 Å². The highest BCUT2D eigenvalue weighted by atomic mass is 35.5. The molecule has 0 spiro atoms. The summed E-state index contributed by atoms with van der Waals surface area (Å²) in [6.07, 6.45) is 7.49. The molecule has 2 aromatic heterocycles. The summed E-state index contributed by atoms with van der Waals surface area (Å²) in [5.74, 6) is 1.95. The van der Waals surface area contributed by atoms with Crippen molar-refractivity contribution in [1.82, 2.24) is 14.5 Å². The lowest BCUT2D eigenvalue weighted by molar-refractivity contribution is 0.0697. The molecule has 0 saturated heterocycles. The van der Waals surface area contributed by atoms with Crippen LogP contribution in [0, 0.1) is 6.92 Å². The number of aryl methyl sites for hydroxylation is 1. The highest BCUT2D eigenvalue weighted by molar-refractivity contribution is 6.30. The Morgan fingerprint density at radius 2 is 1.65 bits per heavy atom. The van der Waals surface area contributed by atoms with Crippen LogP contribution in [-0.2, 0) is 6.61 Å². The van der Waals surface area contributed by atoms with Crippen LogP contribution in [0.2, 0.25) is 5.02 Å². The second kappa shape index (κ2) is 13.4. The van der Waals surface area contributed by atoms with Crippen molar-refractivity contribution in [1.29, 1.82) is 0 Å². The SMILES string of the molecule is Cc1cnc(-c2ccc(-c3ccc(Cl)cc3)c(COc3ccc(-c4nc5cc(C(=O)O)ccc5n4C4CCCCC4)cc3)c2)o1.Cl. The molecular weight excluding hydrogens is 621 g/mol. The molecule has 234 valence electrons. The third-order valence-electron chi connectivity index (χ3n) is 8.51. The van der Waals surface area contributed by atoms with Crippen LogP contribution in [0.15, 0.2) is 95.5 Å². The van der Waals surface area contributed by atoms with E-state index in [0.29, 0.717) is 29.1 Å². The van der Waals surface area contributed by atoms with E-state index in [0.717, 1.165) is 63.5 Å². The zero-order valence-corrected chi connectivity index (χ0v) is 26.9. The number of carbonyl (C=O) groups is 1. The van der Waals surface area contributed by atoms with E-state index in [2.05, 4.69) is 21.7 Å². The summed E-state index contributed by atoms with van der Waals surface area (Å²) in [4.78, 5) is 21.0. The molecule has 0 radical (unpaired) electrons. The van der Waals surface area contributed by atoms with Crippen molar-refractivity contribution in [2.75, 3.05) is 0 Å². The van der Waals surface area contributed by atoms with Gasteiger partial charge in [-0.25, -0.2) is 14.8 Å². The Balaban J connectivity index is 0.00000372. The quantitative estimate of drug-likeness (QED) is 0.176. The van der Waals surface area contributed by atoms with Gasteiger partial charge in [-0.15, -0.1) is 12.4 Å². The molecule has 2 heterocycles. The molecule has 0 aliphatic heterocycles. The average molecular weight is 655 g/mol. The van der Waals surface area contributed by atoms with Crippen LogP contribution in [0.4, 0.5) is 0 Å². The van der Waals surface area contributed by atoms with Crippen LogP contribution < -0.4 is 4.74 Å². The molecule has 6 aromatic rings. The number of fused-ring (bicyclic) bond motifs is 1. The average Bonchev–Trinajstić information content (AvgIpc) is 3.68. The Labute approximate surface area is 278 Å². The van der Waals surface area contributed by atoms with Crippen molar-refractivity contribution in [3.8, 4) is 39.7 Å². The number of halogens is 2. The van der Waals surface area contributed by atoms with Crippen LogP contribution >= 0.6 is 24.0 Å². The predicted octanol–water partition coefficient (Wildman–Crippen LogP) is 10.2. The van der Waals surface area contributed by atoms with Crippen LogP contribution in [0.25, 0.3) is 45.0 Å². The van der Waals surface area contributed by atoms with Crippen LogP contribution in [-0.4, -0.2) is 25.6 Å². The Hall–Kier alpha value is -4.59. The molecule has 7 nitrogen and oxygen atoms in total. The van der Waals surface area contributed by atoms with Gasteiger partial charge in [-0.3, -0.25) is 0 Å². The van der Waals surface area contributed by atoms with E-state index in [-0.39, 0.29) is 18.0 Å². The highest BCUT2D eigenvalue weighted by Gasteiger charge is 2.23. The summed E-state index contributed by atoms with van der Waals surface area (Å²) in [6.45, 7) is 2.22. The number of benzene rings is 4. The molecule has 7 rings (SSSR count). The fraction of sp³-hybridized carbons (Fsp3) is 0.216. The summed E-state index contributed by atoms with van der Waals surface area (Å²) in [7, 11) is 0. The summed E-state index contributed by atoms with van der Waals surface area (Å²) in [6, 6.07) is 27.4. The van der Waals surface area contributed by atoms with Crippen molar-refractivity contribution in [2.45, 2.75) is 51.7 Å². The van der Waals surface area contributed by atoms with E-state index in [1.807, 2.05) is 67.6 Å². The van der Waals surface area contributed by atoms with E-state index >= 15 is 0 Å². The van der Waals surface area contributed by atoms with Crippen molar-refractivity contribution in [3.05, 3.63) is 113 Å². The first-order chi connectivity index (χ1) is 21.9. The Kier molecular flexibility index (Phi) is 9.15. The molecule has 1 aliphatic rings. The summed E-state index contributed by atoms with van der Waals surface area (Å²) in [5, 5.41) is 10.2. The van der Waals surface area contributed by atoms with E-state index in [9.17, 15) is 9.90 Å². The number of hydrogen-bond acceptors (Lipinski definition) is 5. The lowest BCUT2D eigenvalue weighted by atomic mass is 9.95. The van der Waals surface area contributed by atoms with Crippen molar-refractivity contribution in [3.63, 3.8) is 0 Å². The number of imidazole rings is 1. The van der Waals surface area contributed by atoms with Crippen LogP contribution in [0.1, 0.15) is 59.8 Å². The van der Waals surface area contributed by atoms with E-state index < -0.39 is 5.97 Å². The molecule has 46 heavy (non-hydrogen) atoms. The first-order valence-electron chi connectivity index (χ1n) is 15.2. The number of oxazole rings is 1. The standard InChI is InChI=1S/C37H32ClN3O4.ClH/c1-23-21-39-36(45-23)26-11-17-32(24-7-13-29(38)14-8-24)28(19-26)22-44-31-15-9-25(10-16-31)35-40-33-20-27(37(42)43)12-18-34(33)41(35)30-5-3-2-4-6-30;/h7-21,30H,2-6,22H2,1H3,(H,42,43);1H. The summed E-state index contributed by atoms with van der Waals surface area (Å²) in [5.41, 5.74) is 6.82. The molecular formula is C37H33Cl2N3O4. The summed E-state index contributed by atoms with van der Waals surface area (Å²) >= 11 is 6.17. The van der Waals surface area contributed by atoms with Gasteiger partial charge in [0.25, 0.3) is 0 Å². The maximum absolute atomic E-state index is 11.7. The fourth-order valence-corrected chi connectivity index (χ4v) is 6.38. The van der Waals surface area contributed by atoms with Gasteiger partial charge in [0.05, 0.1) is 22.8 Å². The predicted molar refractivity (Wildman–Crippen MR) is 183 cm³/mol. The van der Waals surface area contributed by atoms with Crippen molar-refractivity contribution >= 4 is 41.0 Å². The number of nitrogens with zero attached hydrogens (tertiary/aromatic N) is 3. The number of rotatable bonds is 8. The third kappa shape index (κ3) is 6.39. The highest BCUT2D eigenvalue weighted by Crippen LogP contribution is 2.37. The molecule has 4 aromatic carbocycles. The molecule has 1 aliphatic carbocycles. The van der Waals surface area contributed by atoms with E-state index in [1.54, 1.807) is 18.3 Å². The molecule has 0 unspecified atom stereocenters. The number of carboxylic acids is 1. The monoisotopic (exact) mass is 653 g/mol. The lowest BCUT2D eigenvalue weighted by Gasteiger charge is -2.25. The first-order valence-corrected chi connectivity index (χ1v) is 15.6. The van der Waals surface area contributed by atoms with Gasteiger partial charge in [-0.1, -0.05) is 49.1 Å². The molecule has 1 fully saturated rings. The van der Waals surface area contributed by atoms with E-state index in [1.165, 1.54) is 19.3 Å². The number of ether oxygens (including phenoxy) is 1. The minimum Gasteiger partial charge on any atom is -0.489 e. The fourth-order valence-electron chi connectivity index (χ4n) is 6.25. The Morgan fingerprint density at radius 1 is 0.935 bits per heavy atom. The van der Waals surface area contributed by atoms with Gasteiger partial charge < -0.3 is 18.8 Å². The smallest absolute Gasteiger partial charge is 0.335 e. The molecule has 9 heteroatoms. The van der Waals surface area contributed by atoms with Crippen molar-refractivity contribution < 1.29 is 19.1 Å². The number of carboxylic acid groups (broad SMARTS) is 1. The zero-order chi connectivity index (χ0) is 30.9. The maximum Gasteiger partial charge on any atom is 0.335 e. The van der Waals surface area contributed by atoms with Gasteiger partial charge in [-0.2, -0.15) is 0 Å². The maximum atomic E-state index is 11.7. The minimum absolute atomic E-state index is 0. The second-order valence-corrected chi connectivity index (χ2v) is 12.0. The number of aromatic nitrogens is 3. The summed E-state index contributed by atoms with van der Waals surface area (Å²) < 4.78 is 14.4. The van der Waals surface area contributed by atoms with Gasteiger partial charge in [0.1, 0.15) is 23.9 Å². The number of aromatic carboxylic acids is 1. The molecule has 0 amide bonds. The van der Waals surface area contributed by atoms with Gasteiger partial charge in [0.2, 0.25) is 5.89 Å². The zero-order valence-electron chi connectivity index (χ0n) is 25.3. The van der Waals surface area contributed by atoms with Crippen LogP contribution in [0.5, 0.6) is 5.75 Å². The topological polar surface area (TPSA) is 90.4 Å². The van der Waals surface area contributed by atoms with Crippen LogP contribution in [0.3, 0.4) is 0 Å². The Bertz CT molecular complexity index is 1990. The number of hydrogen-bond donors (Lipinski definition) is 1. The van der Waals surface area contributed by atoms with Gasteiger partial charge >= 0.3 is 5.97 Å². The third-order valence-corrected chi connectivity index (χ3v) is 8.76. The normalized spacial score (nSPS) is 13.4. The molecule has 1 saturated carbocycles. The second-order valence-electron chi connectivity index (χ2n) is 11.6. The minimum atomic E-state index is -0.951. The lowest BCUT2D eigenvalue weighted by Crippen LogP contribution is -2.14. The molecule has 0 atom stereocenters. The molecule has 0 bridgehead atoms. The van der Waals surface area contributed by atoms with E-state index in [4.69, 9.17) is 25.7 Å². The van der Waals surface area contributed by atoms with Gasteiger partial charge in [-0.05, 0) is 103 Å². The molecule has 1 N–H and O–H groups in total. The largest absolute Gasteiger partial charge is 0.489 e. The Morgan fingerprint density at radius 3 is 2.35 bits per heavy atom. The van der Waals surface area contributed by atoms with Crippen molar-refractivity contribution in [2.24, 2.45) is 0 Å².